The van der Waals surface area contributed by atoms with Gasteiger partial charge in [-0.05, 0) is 39.4 Å². The van der Waals surface area contributed by atoms with Crippen molar-refractivity contribution in [3.8, 4) is 0 Å². The van der Waals surface area contributed by atoms with Crippen LogP contribution < -0.4 is 5.32 Å². The molecule has 1 N–H and O–H groups in total. The Balaban J connectivity index is 2.01. The molecule has 1 aliphatic rings. The summed E-state index contributed by atoms with van der Waals surface area (Å²) in [7, 11) is 2.15. The molecular weight excluding hydrogens is 204 g/mol. The first-order chi connectivity index (χ1) is 7.72. The quantitative estimate of drug-likeness (QED) is 0.410. The maximum Gasteiger partial charge on any atom is 0.330 e. The molecule has 0 amide bonds. The number of nitrogens with zero attached hydrogens (tertiary/aromatic N) is 1. The predicted molar refractivity (Wildman–Crippen MR) is 64.2 cm³/mol. The maximum atomic E-state index is 11.0. The third-order valence-electron chi connectivity index (χ3n) is 2.72. The zero-order valence-electron chi connectivity index (χ0n) is 10.2. The van der Waals surface area contributed by atoms with Gasteiger partial charge in [0.05, 0.1) is 6.61 Å². The monoisotopic (exact) mass is 226 g/mol. The number of hydrogen-bond acceptors (Lipinski definition) is 4. The van der Waals surface area contributed by atoms with E-state index in [1.54, 1.807) is 6.92 Å². The van der Waals surface area contributed by atoms with Gasteiger partial charge < -0.3 is 15.0 Å². The van der Waals surface area contributed by atoms with Crippen molar-refractivity contribution in [3.05, 3.63) is 12.2 Å². The van der Waals surface area contributed by atoms with Gasteiger partial charge in [-0.2, -0.15) is 0 Å². The van der Waals surface area contributed by atoms with Crippen LogP contribution in [0, 0.1) is 5.92 Å². The van der Waals surface area contributed by atoms with Crippen molar-refractivity contribution in [3.63, 3.8) is 0 Å². The molecule has 0 saturated carbocycles. The molecule has 1 unspecified atom stereocenters. The molecule has 0 spiro atoms. The van der Waals surface area contributed by atoms with Crippen LogP contribution >= 0.6 is 0 Å². The Morgan fingerprint density at radius 3 is 3.06 bits per heavy atom. The minimum Gasteiger partial charge on any atom is -0.463 e. The first kappa shape index (κ1) is 13.2. The van der Waals surface area contributed by atoms with Gasteiger partial charge in [0, 0.05) is 19.2 Å². The van der Waals surface area contributed by atoms with Crippen LogP contribution in [0.25, 0.3) is 0 Å². The lowest BCUT2D eigenvalue weighted by Crippen LogP contribution is -2.25. The number of nitrogens with one attached hydrogen (secondary N) is 1. The number of carbonyl (C=O) groups is 1. The number of rotatable bonds is 6. The van der Waals surface area contributed by atoms with E-state index < -0.39 is 0 Å². The van der Waals surface area contributed by atoms with Crippen LogP contribution in [-0.4, -0.2) is 50.7 Å². The highest BCUT2D eigenvalue weighted by Crippen LogP contribution is 2.12. The highest BCUT2D eigenvalue weighted by molar-refractivity contribution is 5.81. The van der Waals surface area contributed by atoms with E-state index in [4.69, 9.17) is 4.74 Å². The minimum atomic E-state index is -0.259. The maximum absolute atomic E-state index is 11.0. The van der Waals surface area contributed by atoms with E-state index in [1.165, 1.54) is 25.6 Å². The van der Waals surface area contributed by atoms with Crippen LogP contribution in [0.5, 0.6) is 0 Å². The van der Waals surface area contributed by atoms with Gasteiger partial charge in [-0.3, -0.25) is 0 Å². The van der Waals surface area contributed by atoms with Gasteiger partial charge >= 0.3 is 5.97 Å². The van der Waals surface area contributed by atoms with Gasteiger partial charge in [0.15, 0.2) is 0 Å². The Morgan fingerprint density at radius 1 is 1.62 bits per heavy atom. The molecule has 1 aliphatic heterocycles. The molecule has 4 nitrogen and oxygen atoms in total. The fraction of sp³-hybridized carbons (Fsp3) is 0.750. The van der Waals surface area contributed by atoms with Crippen LogP contribution in [0.2, 0.25) is 0 Å². The van der Waals surface area contributed by atoms with Crippen LogP contribution in [-0.2, 0) is 9.53 Å². The largest absolute Gasteiger partial charge is 0.463 e. The molecule has 1 rings (SSSR count). The molecule has 0 radical (unpaired) electrons. The molecule has 1 heterocycles. The summed E-state index contributed by atoms with van der Waals surface area (Å²) in [5.41, 5.74) is 0. The molecule has 1 fully saturated rings. The number of hydrogen-bond donors (Lipinski definition) is 1. The van der Waals surface area contributed by atoms with Crippen molar-refractivity contribution in [2.75, 3.05) is 39.8 Å². The summed E-state index contributed by atoms with van der Waals surface area (Å²) in [6, 6.07) is 0. The molecule has 0 aromatic carbocycles. The Hall–Kier alpha value is -0.870. The van der Waals surface area contributed by atoms with E-state index in [0.717, 1.165) is 19.0 Å². The minimum absolute atomic E-state index is 0.259. The average molecular weight is 226 g/mol. The van der Waals surface area contributed by atoms with Crippen LogP contribution in [0.4, 0.5) is 0 Å². The summed E-state index contributed by atoms with van der Waals surface area (Å²) in [5.74, 6) is 0.492. The number of esters is 1. The molecule has 0 bridgehead atoms. The van der Waals surface area contributed by atoms with Gasteiger partial charge in [-0.1, -0.05) is 6.08 Å². The lowest BCUT2D eigenvalue weighted by molar-refractivity contribution is -0.137. The standard InChI is InChI=1S/C12H22N2O2/c1-3-16-12(15)5-4-7-13-9-11-6-8-14(2)10-11/h4-5,11,13H,3,6-10H2,1-2H3/b5-4+. The molecular formula is C12H22N2O2. The molecule has 0 aromatic rings. The molecule has 92 valence electrons. The second kappa shape index (κ2) is 7.41. The summed E-state index contributed by atoms with van der Waals surface area (Å²) in [6.45, 7) is 6.38. The highest BCUT2D eigenvalue weighted by Gasteiger charge is 2.18. The molecule has 0 aromatic heterocycles. The van der Waals surface area contributed by atoms with Gasteiger partial charge in [0.2, 0.25) is 0 Å². The summed E-state index contributed by atoms with van der Waals surface area (Å²) in [6.07, 6.45) is 4.57. The Bertz CT molecular complexity index is 241. The lowest BCUT2D eigenvalue weighted by Gasteiger charge is -2.10. The van der Waals surface area contributed by atoms with E-state index >= 15 is 0 Å². The first-order valence-electron chi connectivity index (χ1n) is 5.95. The number of likely N-dealkylation sites (tertiary alicyclic amines) is 1. The molecule has 0 aliphatic carbocycles. The van der Waals surface area contributed by atoms with Crippen LogP contribution in [0.1, 0.15) is 13.3 Å². The second-order valence-electron chi connectivity index (χ2n) is 4.23. The van der Waals surface area contributed by atoms with E-state index in [-0.39, 0.29) is 5.97 Å². The van der Waals surface area contributed by atoms with E-state index in [1.807, 2.05) is 6.08 Å². The summed E-state index contributed by atoms with van der Waals surface area (Å²) in [4.78, 5) is 13.3. The van der Waals surface area contributed by atoms with Crippen molar-refractivity contribution in [1.29, 1.82) is 0 Å². The Labute approximate surface area is 97.6 Å². The third-order valence-corrected chi connectivity index (χ3v) is 2.72. The van der Waals surface area contributed by atoms with Crippen molar-refractivity contribution in [1.82, 2.24) is 10.2 Å². The normalized spacial score (nSPS) is 21.8. The highest BCUT2D eigenvalue weighted by atomic mass is 16.5. The molecule has 1 saturated heterocycles. The predicted octanol–water partition coefficient (Wildman–Crippen LogP) is 0.647. The van der Waals surface area contributed by atoms with E-state index in [2.05, 4.69) is 17.3 Å². The van der Waals surface area contributed by atoms with Gasteiger partial charge in [0.1, 0.15) is 0 Å². The van der Waals surface area contributed by atoms with Crippen molar-refractivity contribution in [2.45, 2.75) is 13.3 Å². The fourth-order valence-corrected chi connectivity index (χ4v) is 1.91. The number of ether oxygens (including phenoxy) is 1. The zero-order valence-corrected chi connectivity index (χ0v) is 10.2. The summed E-state index contributed by atoms with van der Waals surface area (Å²) < 4.78 is 4.78. The van der Waals surface area contributed by atoms with Crippen molar-refractivity contribution < 1.29 is 9.53 Å². The fourth-order valence-electron chi connectivity index (χ4n) is 1.91. The Kier molecular flexibility index (Phi) is 6.11. The van der Waals surface area contributed by atoms with Gasteiger partial charge in [-0.25, -0.2) is 4.79 Å². The number of carbonyl (C=O) groups excluding carboxylic acids is 1. The smallest absolute Gasteiger partial charge is 0.330 e. The Morgan fingerprint density at radius 2 is 2.44 bits per heavy atom. The van der Waals surface area contributed by atoms with Gasteiger partial charge in [0.25, 0.3) is 0 Å². The summed E-state index contributed by atoms with van der Waals surface area (Å²) >= 11 is 0. The lowest BCUT2D eigenvalue weighted by atomic mass is 10.1. The van der Waals surface area contributed by atoms with Crippen LogP contribution in [0.15, 0.2) is 12.2 Å². The second-order valence-corrected chi connectivity index (χ2v) is 4.23. The molecule has 16 heavy (non-hydrogen) atoms. The van der Waals surface area contributed by atoms with Gasteiger partial charge in [-0.15, -0.1) is 0 Å². The first-order valence-corrected chi connectivity index (χ1v) is 5.95. The zero-order chi connectivity index (χ0) is 11.8. The molecule has 1 atom stereocenters. The van der Waals surface area contributed by atoms with Crippen molar-refractivity contribution >= 4 is 5.97 Å². The van der Waals surface area contributed by atoms with Crippen LogP contribution in [0.3, 0.4) is 0 Å². The molecule has 4 heteroatoms. The van der Waals surface area contributed by atoms with Crippen molar-refractivity contribution in [2.24, 2.45) is 5.92 Å². The SMILES string of the molecule is CCOC(=O)/C=C/CNCC1CCN(C)C1. The average Bonchev–Trinajstić information content (AvgIpc) is 2.64. The third kappa shape index (κ3) is 5.28. The topological polar surface area (TPSA) is 41.6 Å². The van der Waals surface area contributed by atoms with E-state index in [9.17, 15) is 4.79 Å². The van der Waals surface area contributed by atoms with E-state index in [0.29, 0.717) is 6.61 Å². The summed E-state index contributed by atoms with van der Waals surface area (Å²) in [5, 5.41) is 3.32.